The van der Waals surface area contributed by atoms with Crippen molar-refractivity contribution in [2.24, 2.45) is 11.8 Å². The molecule has 0 aromatic rings. The van der Waals surface area contributed by atoms with Gasteiger partial charge >= 0.3 is 0 Å². The molecule has 88 valence electrons. The third kappa shape index (κ3) is 1.81. The van der Waals surface area contributed by atoms with E-state index in [-0.39, 0.29) is 29.2 Å². The van der Waals surface area contributed by atoms with Crippen LogP contribution in [-0.2, 0) is 10.7 Å². The van der Waals surface area contributed by atoms with Crippen LogP contribution in [0.2, 0.25) is 0 Å². The van der Waals surface area contributed by atoms with E-state index in [4.69, 9.17) is 0 Å². The van der Waals surface area contributed by atoms with Crippen molar-refractivity contribution in [1.29, 1.82) is 0 Å². The molecule has 4 nitrogen and oxygen atoms in total. The van der Waals surface area contributed by atoms with Gasteiger partial charge in [-0.05, 0) is 45.2 Å². The molecule has 3 rings (SSSR count). The molecule has 2 bridgehead atoms. The number of aliphatic hydroxyl groups is 1. The molecular formula is C10H19NO3S. The van der Waals surface area contributed by atoms with Gasteiger partial charge < -0.3 is 10.0 Å². The molecule has 0 spiro atoms. The molecule has 3 aliphatic rings. The van der Waals surface area contributed by atoms with Crippen molar-refractivity contribution in [3.63, 3.8) is 0 Å². The fourth-order valence-electron chi connectivity index (χ4n) is 3.37. The van der Waals surface area contributed by atoms with Gasteiger partial charge in [0.2, 0.25) is 0 Å². The van der Waals surface area contributed by atoms with Crippen molar-refractivity contribution in [3.8, 4) is 0 Å². The number of aliphatic hydroxyl groups excluding tert-OH is 1. The smallest absolute Gasteiger partial charge is 0.143 e. The molecule has 3 fully saturated rings. The zero-order valence-electron chi connectivity index (χ0n) is 9.17. The van der Waals surface area contributed by atoms with Gasteiger partial charge in [-0.3, -0.25) is 0 Å². The zero-order chi connectivity index (χ0) is 11.2. The molecule has 1 N–H and O–H groups in total. The van der Waals surface area contributed by atoms with Crippen LogP contribution in [-0.4, -0.2) is 49.9 Å². The second kappa shape index (κ2) is 4.03. The minimum Gasteiger partial charge on any atom is -0.391 e. The Bertz CT molecular complexity index is 308. The lowest BCUT2D eigenvalue weighted by molar-refractivity contribution is -0.0648. The van der Waals surface area contributed by atoms with Crippen LogP contribution in [0, 0.1) is 11.8 Å². The van der Waals surface area contributed by atoms with E-state index < -0.39 is 10.7 Å². The fourth-order valence-corrected chi connectivity index (χ4v) is 4.45. The van der Waals surface area contributed by atoms with Crippen LogP contribution >= 0.6 is 0 Å². The number of nitrogens with zero attached hydrogens (tertiary/aromatic N) is 1. The predicted octanol–water partition coefficient (Wildman–Crippen LogP) is -0.313. The summed E-state index contributed by atoms with van der Waals surface area (Å²) in [5, 5.41) is 9.88. The average molecular weight is 233 g/mol. The Kier molecular flexibility index (Phi) is 3.05. The van der Waals surface area contributed by atoms with Gasteiger partial charge in [-0.1, -0.05) is 0 Å². The average Bonchev–Trinajstić information content (AvgIpc) is 2.17. The van der Waals surface area contributed by atoms with Gasteiger partial charge in [0.15, 0.2) is 0 Å². The number of hydrogen-bond acceptors (Lipinski definition) is 4. The Morgan fingerprint density at radius 1 is 1.27 bits per heavy atom. The maximum absolute atomic E-state index is 11.2. The van der Waals surface area contributed by atoms with Crippen molar-refractivity contribution >= 4 is 10.7 Å². The lowest BCUT2D eigenvalue weighted by Crippen LogP contribution is -2.59. The Labute approximate surface area is 92.2 Å². The summed E-state index contributed by atoms with van der Waals surface area (Å²) in [4.78, 5) is 1.98. The molecule has 0 aliphatic heterocycles. The maximum atomic E-state index is 11.2. The molecule has 0 saturated heterocycles. The summed E-state index contributed by atoms with van der Waals surface area (Å²) >= 11 is 0. The highest BCUT2D eigenvalue weighted by molar-refractivity contribution is 7.73. The molecule has 5 heteroatoms. The van der Waals surface area contributed by atoms with Crippen molar-refractivity contribution in [3.05, 3.63) is 0 Å². The minimum atomic E-state index is -2.34. The van der Waals surface area contributed by atoms with Crippen LogP contribution in [0.1, 0.15) is 19.3 Å². The molecular weight excluding hydrogens is 214 g/mol. The monoisotopic (exact) mass is 233 g/mol. The number of hydrogen-bond donors (Lipinski definition) is 2. The number of fused-ring (bicyclic) bond motifs is 3. The number of likely N-dealkylation sites (N-methyl/N-ethyl adjacent to an activating group) is 1. The van der Waals surface area contributed by atoms with Crippen LogP contribution in [0.5, 0.6) is 0 Å². The normalized spacial score (nSPS) is 45.3. The van der Waals surface area contributed by atoms with Gasteiger partial charge in [0, 0.05) is 6.04 Å². The summed E-state index contributed by atoms with van der Waals surface area (Å²) in [7, 11) is 1.50. The van der Waals surface area contributed by atoms with Gasteiger partial charge in [-0.25, -0.2) is 8.42 Å². The quantitative estimate of drug-likeness (QED) is 0.642. The summed E-state index contributed by atoms with van der Waals surface area (Å²) < 4.78 is 22.3. The van der Waals surface area contributed by atoms with E-state index in [1.54, 1.807) is 0 Å². The van der Waals surface area contributed by atoms with E-state index >= 15 is 0 Å². The Morgan fingerprint density at radius 2 is 1.93 bits per heavy atom. The highest BCUT2D eigenvalue weighted by Crippen LogP contribution is 2.44. The summed E-state index contributed by atoms with van der Waals surface area (Å²) in [6, 6.07) is 0.0235. The highest BCUT2D eigenvalue weighted by atomic mass is 32.2. The van der Waals surface area contributed by atoms with Crippen molar-refractivity contribution in [2.45, 2.75) is 36.7 Å². The summed E-state index contributed by atoms with van der Waals surface area (Å²) in [5.41, 5.74) is 0. The Balaban J connectivity index is 2.26. The first kappa shape index (κ1) is 11.4. The predicted molar refractivity (Wildman–Crippen MR) is 58.4 cm³/mol. The third-order valence-corrected chi connectivity index (χ3v) is 5.18. The molecule has 15 heavy (non-hydrogen) atoms. The first-order valence-electron chi connectivity index (χ1n) is 5.50. The molecule has 0 amide bonds. The SMILES string of the molecule is CN(C)C1C(O)C2CCC1C([SH](=O)=O)C2. The molecule has 5 unspecified atom stereocenters. The molecule has 3 saturated carbocycles. The van der Waals surface area contributed by atoms with E-state index in [0.29, 0.717) is 6.42 Å². The van der Waals surface area contributed by atoms with Gasteiger partial charge in [0.1, 0.15) is 10.7 Å². The van der Waals surface area contributed by atoms with Crippen LogP contribution in [0.4, 0.5) is 0 Å². The van der Waals surface area contributed by atoms with Crippen molar-refractivity contribution in [1.82, 2.24) is 4.90 Å². The lowest BCUT2D eigenvalue weighted by atomic mass is 9.65. The Hall–Kier alpha value is -0.130. The minimum absolute atomic E-state index is 0.0235. The summed E-state index contributed by atoms with van der Waals surface area (Å²) in [6.45, 7) is 0. The summed E-state index contributed by atoms with van der Waals surface area (Å²) in [5.74, 6) is 0.307. The van der Waals surface area contributed by atoms with Gasteiger partial charge in [0.25, 0.3) is 0 Å². The molecule has 3 aliphatic carbocycles. The van der Waals surface area contributed by atoms with Gasteiger partial charge in [-0.15, -0.1) is 0 Å². The zero-order valence-corrected chi connectivity index (χ0v) is 10.1. The fraction of sp³-hybridized carbons (Fsp3) is 1.00. The maximum Gasteiger partial charge on any atom is 0.143 e. The largest absolute Gasteiger partial charge is 0.391 e. The second-order valence-electron chi connectivity index (χ2n) is 5.03. The second-order valence-corrected chi connectivity index (χ2v) is 6.27. The molecule has 0 aromatic carbocycles. The van der Waals surface area contributed by atoms with E-state index in [1.807, 2.05) is 19.0 Å². The first-order valence-corrected chi connectivity index (χ1v) is 6.75. The number of thiol groups is 1. The van der Waals surface area contributed by atoms with E-state index in [2.05, 4.69) is 0 Å². The Morgan fingerprint density at radius 3 is 2.47 bits per heavy atom. The molecule has 0 aromatic heterocycles. The van der Waals surface area contributed by atoms with Crippen molar-refractivity contribution < 1.29 is 13.5 Å². The van der Waals surface area contributed by atoms with Gasteiger partial charge in [-0.2, -0.15) is 0 Å². The lowest BCUT2D eigenvalue weighted by Gasteiger charge is -2.51. The highest BCUT2D eigenvalue weighted by Gasteiger charge is 2.49. The standard InChI is InChI=1S/C10H19NO3S/c1-11(2)9-7-4-3-6(10(9)12)5-8(7)15(13)14/h6-10,12,15H,3-5H2,1-2H3. The van der Waals surface area contributed by atoms with E-state index in [1.165, 1.54) is 0 Å². The topological polar surface area (TPSA) is 57.6 Å². The molecule has 0 heterocycles. The third-order valence-electron chi connectivity index (χ3n) is 4.05. The molecule has 0 radical (unpaired) electrons. The molecule has 5 atom stereocenters. The van der Waals surface area contributed by atoms with E-state index in [0.717, 1.165) is 12.8 Å². The van der Waals surface area contributed by atoms with Crippen LogP contribution in [0.25, 0.3) is 0 Å². The van der Waals surface area contributed by atoms with Gasteiger partial charge in [0.05, 0.1) is 11.4 Å². The van der Waals surface area contributed by atoms with Crippen LogP contribution in [0.3, 0.4) is 0 Å². The van der Waals surface area contributed by atoms with E-state index in [9.17, 15) is 13.5 Å². The number of rotatable bonds is 2. The van der Waals surface area contributed by atoms with Crippen molar-refractivity contribution in [2.75, 3.05) is 14.1 Å². The van der Waals surface area contributed by atoms with Crippen LogP contribution < -0.4 is 0 Å². The summed E-state index contributed by atoms with van der Waals surface area (Å²) in [6.07, 6.45) is 2.24. The van der Waals surface area contributed by atoms with Crippen LogP contribution in [0.15, 0.2) is 0 Å². The first-order chi connectivity index (χ1) is 7.02.